The van der Waals surface area contributed by atoms with E-state index in [0.29, 0.717) is 23.2 Å². The summed E-state index contributed by atoms with van der Waals surface area (Å²) in [5.41, 5.74) is 2.14. The summed E-state index contributed by atoms with van der Waals surface area (Å²) in [6, 6.07) is 0. The number of hydrogen-bond acceptors (Lipinski definition) is 6. The molecule has 0 aliphatic carbocycles. The van der Waals surface area contributed by atoms with Gasteiger partial charge in [-0.25, -0.2) is 4.98 Å². The Balaban J connectivity index is 2.17. The third-order valence-electron chi connectivity index (χ3n) is 4.23. The zero-order chi connectivity index (χ0) is 17.0. The van der Waals surface area contributed by atoms with E-state index in [1.807, 2.05) is 33.0 Å². The van der Waals surface area contributed by atoms with Crippen LogP contribution in [0.3, 0.4) is 0 Å². The average Bonchev–Trinajstić information content (AvgIpc) is 3.12. The molecule has 0 N–H and O–H groups in total. The molecule has 0 bridgehead atoms. The molecular formula is C15H18N8O. The summed E-state index contributed by atoms with van der Waals surface area (Å²) >= 11 is 0. The molecule has 0 unspecified atom stereocenters. The lowest BCUT2D eigenvalue weighted by molar-refractivity contribution is 0.383. The maximum atomic E-state index is 13.0. The summed E-state index contributed by atoms with van der Waals surface area (Å²) in [4.78, 5) is 23.8. The lowest BCUT2D eigenvalue weighted by Crippen LogP contribution is -2.28. The molecule has 4 heterocycles. The fraction of sp³-hybridized carbons (Fsp3) is 0.400. The minimum absolute atomic E-state index is 0.106. The minimum atomic E-state index is -0.106. The van der Waals surface area contributed by atoms with E-state index in [9.17, 15) is 4.79 Å². The van der Waals surface area contributed by atoms with E-state index in [1.54, 1.807) is 20.0 Å². The first kappa shape index (κ1) is 14.8. The van der Waals surface area contributed by atoms with Crippen LogP contribution in [0.4, 0.5) is 0 Å². The summed E-state index contributed by atoms with van der Waals surface area (Å²) in [5, 5.41) is 10.1. The van der Waals surface area contributed by atoms with Gasteiger partial charge in [-0.05, 0) is 21.0 Å². The molecule has 0 fully saturated rings. The van der Waals surface area contributed by atoms with Gasteiger partial charge in [-0.15, -0.1) is 0 Å². The first-order valence-electron chi connectivity index (χ1n) is 7.68. The van der Waals surface area contributed by atoms with Crippen molar-refractivity contribution in [3.05, 3.63) is 28.6 Å². The van der Waals surface area contributed by atoms with Crippen LogP contribution in [0.1, 0.15) is 5.69 Å². The molecule has 0 saturated carbocycles. The highest BCUT2D eigenvalue weighted by Crippen LogP contribution is 2.24. The number of likely N-dealkylation sites (N-methyl/N-ethyl adjacent to an activating group) is 1. The Kier molecular flexibility index (Phi) is 3.14. The average molecular weight is 326 g/mol. The molecule has 4 aromatic heterocycles. The van der Waals surface area contributed by atoms with Gasteiger partial charge in [-0.2, -0.15) is 19.7 Å². The monoisotopic (exact) mass is 326 g/mol. The van der Waals surface area contributed by atoms with Gasteiger partial charge in [0, 0.05) is 26.3 Å². The molecule has 0 spiro atoms. The van der Waals surface area contributed by atoms with Crippen LogP contribution in [-0.2, 0) is 13.6 Å². The first-order chi connectivity index (χ1) is 11.5. The van der Waals surface area contributed by atoms with E-state index >= 15 is 0 Å². The number of rotatable bonds is 3. The topological polar surface area (TPSA) is 86.1 Å². The van der Waals surface area contributed by atoms with Gasteiger partial charge in [0.25, 0.3) is 5.56 Å². The predicted octanol–water partition coefficient (Wildman–Crippen LogP) is 0.196. The number of nitrogens with zero attached hydrogens (tertiary/aromatic N) is 8. The summed E-state index contributed by atoms with van der Waals surface area (Å²) in [7, 11) is 5.78. The molecule has 0 aliphatic heterocycles. The molecule has 0 radical (unpaired) electrons. The Morgan fingerprint density at radius 2 is 2.04 bits per heavy atom. The molecule has 0 atom stereocenters. The van der Waals surface area contributed by atoms with Crippen LogP contribution in [0, 0.1) is 6.92 Å². The van der Waals surface area contributed by atoms with Gasteiger partial charge in [0.2, 0.25) is 5.78 Å². The van der Waals surface area contributed by atoms with E-state index < -0.39 is 0 Å². The Hall–Kier alpha value is -2.81. The molecule has 0 amide bonds. The normalized spacial score (nSPS) is 12.2. The van der Waals surface area contributed by atoms with E-state index in [1.165, 1.54) is 6.33 Å². The van der Waals surface area contributed by atoms with Crippen molar-refractivity contribution in [3.8, 4) is 0 Å². The van der Waals surface area contributed by atoms with E-state index in [0.717, 1.165) is 23.3 Å². The van der Waals surface area contributed by atoms with Crippen molar-refractivity contribution in [1.82, 2.24) is 38.8 Å². The second-order valence-electron chi connectivity index (χ2n) is 6.16. The van der Waals surface area contributed by atoms with Crippen LogP contribution in [0.2, 0.25) is 0 Å². The van der Waals surface area contributed by atoms with E-state index in [4.69, 9.17) is 0 Å². The molecule has 0 aliphatic rings. The van der Waals surface area contributed by atoms with Gasteiger partial charge in [0.1, 0.15) is 6.33 Å². The summed E-state index contributed by atoms with van der Waals surface area (Å²) in [6.45, 7) is 3.17. The molecule has 0 saturated heterocycles. The molecule has 9 nitrogen and oxygen atoms in total. The maximum Gasteiger partial charge on any atom is 0.264 e. The van der Waals surface area contributed by atoms with Gasteiger partial charge < -0.3 is 4.90 Å². The summed E-state index contributed by atoms with van der Waals surface area (Å²) in [6.07, 6.45) is 3.08. The van der Waals surface area contributed by atoms with Crippen LogP contribution in [-0.4, -0.2) is 59.5 Å². The Morgan fingerprint density at radius 1 is 1.25 bits per heavy atom. The fourth-order valence-electron chi connectivity index (χ4n) is 3.08. The molecule has 9 heteroatoms. The van der Waals surface area contributed by atoms with Crippen LogP contribution >= 0.6 is 0 Å². The zero-order valence-corrected chi connectivity index (χ0v) is 14.1. The van der Waals surface area contributed by atoms with Crippen molar-refractivity contribution in [2.75, 3.05) is 20.6 Å². The Bertz CT molecular complexity index is 1130. The maximum absolute atomic E-state index is 13.0. The van der Waals surface area contributed by atoms with Gasteiger partial charge in [0.15, 0.2) is 5.65 Å². The van der Waals surface area contributed by atoms with E-state index in [-0.39, 0.29) is 5.56 Å². The Morgan fingerprint density at radius 3 is 2.79 bits per heavy atom. The lowest BCUT2D eigenvalue weighted by atomic mass is 10.2. The van der Waals surface area contributed by atoms with E-state index in [2.05, 4.69) is 20.2 Å². The predicted molar refractivity (Wildman–Crippen MR) is 90.1 cm³/mol. The van der Waals surface area contributed by atoms with Crippen LogP contribution in [0.5, 0.6) is 0 Å². The summed E-state index contributed by atoms with van der Waals surface area (Å²) in [5.74, 6) is 0.533. The molecule has 4 aromatic rings. The minimum Gasteiger partial charge on any atom is -0.308 e. The van der Waals surface area contributed by atoms with Crippen molar-refractivity contribution in [2.24, 2.45) is 7.05 Å². The van der Waals surface area contributed by atoms with Crippen LogP contribution in [0.15, 0.2) is 17.3 Å². The quantitative estimate of drug-likeness (QED) is 0.534. The van der Waals surface area contributed by atoms with Crippen molar-refractivity contribution in [1.29, 1.82) is 0 Å². The van der Waals surface area contributed by atoms with Gasteiger partial charge in [0.05, 0.1) is 22.0 Å². The molecule has 24 heavy (non-hydrogen) atoms. The van der Waals surface area contributed by atoms with Crippen molar-refractivity contribution in [2.45, 2.75) is 13.5 Å². The Labute approximate surface area is 137 Å². The zero-order valence-electron chi connectivity index (χ0n) is 14.1. The summed E-state index contributed by atoms with van der Waals surface area (Å²) < 4.78 is 5.07. The second-order valence-corrected chi connectivity index (χ2v) is 6.16. The molecular weight excluding hydrogens is 308 g/mol. The standard InChI is InChI=1S/C15H18N8O/c1-9-11-12-10(7-16-13(11)21(4)19-9)14(24)22(6-5-20(2)3)15-17-8-18-23(12)15/h7-8H,5-6H2,1-4H3. The first-order valence-corrected chi connectivity index (χ1v) is 7.68. The third kappa shape index (κ3) is 1.94. The smallest absolute Gasteiger partial charge is 0.264 e. The molecule has 0 aromatic carbocycles. The number of pyridine rings is 1. The largest absolute Gasteiger partial charge is 0.308 e. The highest BCUT2D eigenvalue weighted by Gasteiger charge is 2.19. The highest BCUT2D eigenvalue weighted by molar-refractivity contribution is 6.03. The lowest BCUT2D eigenvalue weighted by Gasteiger charge is -2.13. The van der Waals surface area contributed by atoms with Gasteiger partial charge in [-0.1, -0.05) is 0 Å². The third-order valence-corrected chi connectivity index (χ3v) is 4.23. The molecule has 124 valence electrons. The van der Waals surface area contributed by atoms with Crippen LogP contribution < -0.4 is 5.56 Å². The fourth-order valence-corrected chi connectivity index (χ4v) is 3.08. The van der Waals surface area contributed by atoms with Crippen LogP contribution in [0.25, 0.3) is 27.7 Å². The van der Waals surface area contributed by atoms with Crippen molar-refractivity contribution in [3.63, 3.8) is 0 Å². The van der Waals surface area contributed by atoms with Gasteiger partial charge in [-0.3, -0.25) is 14.0 Å². The highest BCUT2D eigenvalue weighted by atomic mass is 16.1. The van der Waals surface area contributed by atoms with Crippen molar-refractivity contribution >= 4 is 27.7 Å². The number of fused-ring (bicyclic) bond motifs is 5. The van der Waals surface area contributed by atoms with Gasteiger partial charge >= 0.3 is 0 Å². The number of hydrogen-bond donors (Lipinski definition) is 0. The number of aromatic nitrogens is 7. The van der Waals surface area contributed by atoms with Crippen molar-refractivity contribution < 1.29 is 0 Å². The SMILES string of the molecule is Cc1nn(C)c2ncc3c(=O)n(CCN(C)C)c4ncnn4c3c12. The molecule has 4 rings (SSSR count). The second kappa shape index (κ2) is 5.10. The number of aryl methyl sites for hydroxylation is 2.